The predicted octanol–water partition coefficient (Wildman–Crippen LogP) is 1.62. The van der Waals surface area contributed by atoms with Crippen LogP contribution in [0.2, 0.25) is 5.02 Å². The molecule has 1 aromatic heterocycles. The average molecular weight is 257 g/mol. The molecule has 94 valence electrons. The van der Waals surface area contributed by atoms with Gasteiger partial charge in [0.1, 0.15) is 5.69 Å². The van der Waals surface area contributed by atoms with Crippen LogP contribution in [-0.2, 0) is 6.54 Å². The smallest absolute Gasteiger partial charge is 0.270 e. The summed E-state index contributed by atoms with van der Waals surface area (Å²) >= 11 is 5.94. The quantitative estimate of drug-likeness (QED) is 0.890. The van der Waals surface area contributed by atoms with E-state index in [1.165, 1.54) is 0 Å². The summed E-state index contributed by atoms with van der Waals surface area (Å²) in [5.41, 5.74) is 0.647. The molecule has 0 saturated carbocycles. The fourth-order valence-corrected chi connectivity index (χ4v) is 2.31. The molecule has 5 heteroatoms. The van der Waals surface area contributed by atoms with Crippen LogP contribution in [0.3, 0.4) is 0 Å². The van der Waals surface area contributed by atoms with Gasteiger partial charge >= 0.3 is 0 Å². The van der Waals surface area contributed by atoms with Crippen LogP contribution < -0.4 is 0 Å². The highest BCUT2D eigenvalue weighted by Crippen LogP contribution is 2.21. The molecule has 1 aliphatic rings. The molecule has 1 saturated heterocycles. The number of halogens is 1. The van der Waals surface area contributed by atoms with E-state index in [4.69, 9.17) is 16.7 Å². The van der Waals surface area contributed by atoms with E-state index in [0.29, 0.717) is 23.8 Å². The van der Waals surface area contributed by atoms with E-state index in [0.717, 1.165) is 13.0 Å². The summed E-state index contributed by atoms with van der Waals surface area (Å²) in [6, 6.07) is 1.71. The van der Waals surface area contributed by atoms with E-state index in [-0.39, 0.29) is 18.4 Å². The van der Waals surface area contributed by atoms with Crippen LogP contribution in [0, 0.1) is 5.92 Å². The first kappa shape index (κ1) is 12.5. The van der Waals surface area contributed by atoms with Crippen molar-refractivity contribution in [3.63, 3.8) is 0 Å². The number of hydrogen-bond donors (Lipinski definition) is 1. The Morgan fingerprint density at radius 3 is 2.88 bits per heavy atom. The molecule has 17 heavy (non-hydrogen) atoms. The Balaban J connectivity index is 2.08. The molecule has 0 unspecified atom stereocenters. The van der Waals surface area contributed by atoms with Crippen molar-refractivity contribution in [2.45, 2.75) is 19.9 Å². The van der Waals surface area contributed by atoms with Gasteiger partial charge in [-0.2, -0.15) is 0 Å². The van der Waals surface area contributed by atoms with E-state index < -0.39 is 0 Å². The van der Waals surface area contributed by atoms with Gasteiger partial charge in [0, 0.05) is 38.4 Å². The summed E-state index contributed by atoms with van der Waals surface area (Å²) in [6.07, 6.45) is 2.76. The Morgan fingerprint density at radius 2 is 2.29 bits per heavy atom. The van der Waals surface area contributed by atoms with Crippen LogP contribution >= 0.6 is 11.6 Å². The van der Waals surface area contributed by atoms with E-state index in [1.54, 1.807) is 17.2 Å². The monoisotopic (exact) mass is 256 g/mol. The average Bonchev–Trinajstić information content (AvgIpc) is 2.58. The molecule has 4 nitrogen and oxygen atoms in total. The maximum absolute atomic E-state index is 12.2. The van der Waals surface area contributed by atoms with Crippen molar-refractivity contribution in [3.05, 3.63) is 23.0 Å². The third-order valence-electron chi connectivity index (χ3n) is 3.05. The number of carbonyl (C=O) groups is 1. The summed E-state index contributed by atoms with van der Waals surface area (Å²) in [7, 11) is 0. The van der Waals surface area contributed by atoms with Gasteiger partial charge in [-0.1, -0.05) is 18.5 Å². The molecule has 1 fully saturated rings. The second-order valence-electron chi connectivity index (χ2n) is 4.50. The Kier molecular flexibility index (Phi) is 3.74. The van der Waals surface area contributed by atoms with Crippen LogP contribution in [0.1, 0.15) is 23.8 Å². The van der Waals surface area contributed by atoms with Gasteiger partial charge in [0.25, 0.3) is 5.91 Å². The minimum atomic E-state index is 0.00931. The summed E-state index contributed by atoms with van der Waals surface area (Å²) in [6.45, 7) is 4.30. The summed E-state index contributed by atoms with van der Waals surface area (Å²) < 4.78 is 1.90. The highest BCUT2D eigenvalue weighted by molar-refractivity contribution is 6.31. The highest BCUT2D eigenvalue weighted by atomic mass is 35.5. The van der Waals surface area contributed by atoms with Gasteiger partial charge in [0.2, 0.25) is 0 Å². The van der Waals surface area contributed by atoms with Gasteiger partial charge in [0.15, 0.2) is 0 Å². The summed E-state index contributed by atoms with van der Waals surface area (Å²) in [5, 5.41) is 9.53. The molecule has 0 atom stereocenters. The van der Waals surface area contributed by atoms with Crippen molar-refractivity contribution >= 4 is 17.5 Å². The molecule has 1 N–H and O–H groups in total. The highest BCUT2D eigenvalue weighted by Gasteiger charge is 2.31. The lowest BCUT2D eigenvalue weighted by Crippen LogP contribution is -2.51. The number of aryl methyl sites for hydroxylation is 1. The third-order valence-corrected chi connectivity index (χ3v) is 3.26. The topological polar surface area (TPSA) is 45.5 Å². The first-order valence-electron chi connectivity index (χ1n) is 5.91. The van der Waals surface area contributed by atoms with Gasteiger partial charge in [0.05, 0.1) is 5.02 Å². The zero-order valence-electron chi connectivity index (χ0n) is 9.90. The lowest BCUT2D eigenvalue weighted by molar-refractivity contribution is 0.0352. The van der Waals surface area contributed by atoms with Gasteiger partial charge in [-0.05, 0) is 12.5 Å². The minimum Gasteiger partial charge on any atom is -0.396 e. The summed E-state index contributed by atoms with van der Waals surface area (Å²) in [5.74, 6) is 0.249. The van der Waals surface area contributed by atoms with E-state index in [2.05, 4.69) is 6.92 Å². The second kappa shape index (κ2) is 5.10. The Bertz CT molecular complexity index is 411. The number of aliphatic hydroxyl groups is 1. The molecule has 2 heterocycles. The van der Waals surface area contributed by atoms with Crippen LogP contribution in [-0.4, -0.2) is 40.2 Å². The van der Waals surface area contributed by atoms with Crippen LogP contribution in [0.5, 0.6) is 0 Å². The first-order valence-corrected chi connectivity index (χ1v) is 6.29. The molecule has 0 spiro atoms. The first-order chi connectivity index (χ1) is 8.15. The lowest BCUT2D eigenvalue weighted by atomic mass is 10.0. The number of carbonyl (C=O) groups excluding carboxylic acids is 1. The van der Waals surface area contributed by atoms with Crippen LogP contribution in [0.25, 0.3) is 0 Å². The second-order valence-corrected chi connectivity index (χ2v) is 4.93. The molecule has 1 amide bonds. The molecule has 1 aromatic rings. The number of nitrogens with zero attached hydrogens (tertiary/aromatic N) is 2. The zero-order chi connectivity index (χ0) is 12.4. The van der Waals surface area contributed by atoms with Crippen LogP contribution in [0.15, 0.2) is 12.3 Å². The Morgan fingerprint density at radius 1 is 1.59 bits per heavy atom. The minimum absolute atomic E-state index is 0.00931. The number of aliphatic hydroxyl groups excluding tert-OH is 1. The van der Waals surface area contributed by atoms with Crippen molar-refractivity contribution < 1.29 is 9.90 Å². The van der Waals surface area contributed by atoms with Gasteiger partial charge in [-0.25, -0.2) is 0 Å². The maximum Gasteiger partial charge on any atom is 0.270 e. The van der Waals surface area contributed by atoms with Crippen molar-refractivity contribution in [2.24, 2.45) is 5.92 Å². The number of rotatable bonds is 4. The predicted molar refractivity (Wildman–Crippen MR) is 66.2 cm³/mol. The van der Waals surface area contributed by atoms with Crippen molar-refractivity contribution in [1.29, 1.82) is 0 Å². The molecule has 2 rings (SSSR count). The number of amides is 1. The maximum atomic E-state index is 12.2. The zero-order valence-corrected chi connectivity index (χ0v) is 10.7. The number of likely N-dealkylation sites (tertiary alicyclic amines) is 1. The molecular weight excluding hydrogens is 240 g/mol. The Labute approximate surface area is 106 Å². The standard InChI is InChI=1S/C12H17ClN2O2/c1-2-3-14-7-10(13)4-11(14)12(17)15-5-9(6-15)8-16/h4,7,9,16H,2-3,5-6,8H2,1H3. The molecule has 0 aliphatic carbocycles. The van der Waals surface area contributed by atoms with Crippen molar-refractivity contribution in [3.8, 4) is 0 Å². The molecular formula is C12H17ClN2O2. The number of hydrogen-bond acceptors (Lipinski definition) is 2. The van der Waals surface area contributed by atoms with Crippen molar-refractivity contribution in [1.82, 2.24) is 9.47 Å². The van der Waals surface area contributed by atoms with Gasteiger partial charge < -0.3 is 14.6 Å². The Hall–Kier alpha value is -1.00. The lowest BCUT2D eigenvalue weighted by Gasteiger charge is -2.38. The fourth-order valence-electron chi connectivity index (χ4n) is 2.09. The SMILES string of the molecule is CCCn1cc(Cl)cc1C(=O)N1CC(CO)C1. The van der Waals surface area contributed by atoms with Crippen LogP contribution in [0.4, 0.5) is 0 Å². The van der Waals surface area contributed by atoms with Crippen molar-refractivity contribution in [2.75, 3.05) is 19.7 Å². The molecule has 1 aliphatic heterocycles. The molecule has 0 aromatic carbocycles. The normalized spacial score (nSPS) is 16.1. The fraction of sp³-hybridized carbons (Fsp3) is 0.583. The van der Waals surface area contributed by atoms with Gasteiger partial charge in [-0.15, -0.1) is 0 Å². The van der Waals surface area contributed by atoms with Gasteiger partial charge in [-0.3, -0.25) is 4.79 Å². The molecule has 0 radical (unpaired) electrons. The summed E-state index contributed by atoms with van der Waals surface area (Å²) in [4.78, 5) is 13.9. The van der Waals surface area contributed by atoms with E-state index in [1.807, 2.05) is 4.57 Å². The number of aromatic nitrogens is 1. The van der Waals surface area contributed by atoms with E-state index >= 15 is 0 Å². The largest absolute Gasteiger partial charge is 0.396 e. The third kappa shape index (κ3) is 2.48. The molecule has 0 bridgehead atoms. The van der Waals surface area contributed by atoms with E-state index in [9.17, 15) is 4.79 Å².